The SMILES string of the molecule is CCCc1cccc2c1n(C)c(=N)n2CC(=O)c1ccc(N)cc1. The van der Waals surface area contributed by atoms with Crippen LogP contribution in [0.15, 0.2) is 42.5 Å². The van der Waals surface area contributed by atoms with E-state index in [0.29, 0.717) is 16.9 Å². The Morgan fingerprint density at radius 3 is 2.54 bits per heavy atom. The molecule has 0 unspecified atom stereocenters. The van der Waals surface area contributed by atoms with Crippen molar-refractivity contribution >= 4 is 22.5 Å². The first kappa shape index (κ1) is 16.1. The number of nitrogens with zero attached hydrogens (tertiary/aromatic N) is 2. The Hall–Kier alpha value is -2.82. The predicted octanol–water partition coefficient (Wildman–Crippen LogP) is 2.88. The molecule has 0 radical (unpaired) electrons. The zero-order chi connectivity index (χ0) is 17.3. The number of hydrogen-bond donors (Lipinski definition) is 2. The maximum atomic E-state index is 12.6. The molecule has 5 heteroatoms. The van der Waals surface area contributed by atoms with E-state index in [-0.39, 0.29) is 12.3 Å². The number of hydrogen-bond acceptors (Lipinski definition) is 3. The van der Waals surface area contributed by atoms with Gasteiger partial charge in [0, 0.05) is 18.3 Å². The van der Waals surface area contributed by atoms with Gasteiger partial charge in [-0.1, -0.05) is 25.5 Å². The largest absolute Gasteiger partial charge is 0.399 e. The van der Waals surface area contributed by atoms with E-state index in [2.05, 4.69) is 13.0 Å². The molecule has 0 aliphatic carbocycles. The number of rotatable bonds is 5. The van der Waals surface area contributed by atoms with Gasteiger partial charge >= 0.3 is 0 Å². The molecule has 124 valence electrons. The van der Waals surface area contributed by atoms with E-state index in [1.807, 2.05) is 23.7 Å². The van der Waals surface area contributed by atoms with Gasteiger partial charge in [0.15, 0.2) is 5.78 Å². The lowest BCUT2D eigenvalue weighted by atomic mass is 10.1. The fraction of sp³-hybridized carbons (Fsp3) is 0.263. The number of para-hydroxylation sites is 1. The monoisotopic (exact) mass is 322 g/mol. The van der Waals surface area contributed by atoms with Crippen molar-refractivity contribution in [3.63, 3.8) is 0 Å². The van der Waals surface area contributed by atoms with Crippen LogP contribution in [0.5, 0.6) is 0 Å². The zero-order valence-corrected chi connectivity index (χ0v) is 14.0. The summed E-state index contributed by atoms with van der Waals surface area (Å²) >= 11 is 0. The van der Waals surface area contributed by atoms with Crippen LogP contribution in [0, 0.1) is 5.41 Å². The second-order valence-corrected chi connectivity index (χ2v) is 6.05. The highest BCUT2D eigenvalue weighted by molar-refractivity contribution is 5.97. The molecule has 2 aromatic carbocycles. The van der Waals surface area contributed by atoms with Crippen molar-refractivity contribution in [2.24, 2.45) is 7.05 Å². The molecule has 0 saturated heterocycles. The number of anilines is 1. The van der Waals surface area contributed by atoms with E-state index in [4.69, 9.17) is 11.1 Å². The lowest BCUT2D eigenvalue weighted by Crippen LogP contribution is -2.25. The first-order valence-corrected chi connectivity index (χ1v) is 8.13. The minimum absolute atomic E-state index is 0.0260. The molecule has 3 N–H and O–H groups in total. The van der Waals surface area contributed by atoms with Crippen LogP contribution in [0.4, 0.5) is 5.69 Å². The van der Waals surface area contributed by atoms with E-state index in [0.717, 1.165) is 23.9 Å². The zero-order valence-electron chi connectivity index (χ0n) is 14.0. The summed E-state index contributed by atoms with van der Waals surface area (Å²) in [4.78, 5) is 12.6. The second-order valence-electron chi connectivity index (χ2n) is 6.05. The van der Waals surface area contributed by atoms with E-state index in [1.54, 1.807) is 28.8 Å². The molecule has 0 fully saturated rings. The fourth-order valence-electron chi connectivity index (χ4n) is 3.12. The summed E-state index contributed by atoms with van der Waals surface area (Å²) in [6.07, 6.45) is 2.00. The van der Waals surface area contributed by atoms with Gasteiger partial charge in [0.1, 0.15) is 0 Å². The van der Waals surface area contributed by atoms with Crippen molar-refractivity contribution in [1.82, 2.24) is 9.13 Å². The molecular weight excluding hydrogens is 300 g/mol. The molecule has 1 aromatic heterocycles. The highest BCUT2D eigenvalue weighted by atomic mass is 16.1. The van der Waals surface area contributed by atoms with Gasteiger partial charge in [0.25, 0.3) is 0 Å². The van der Waals surface area contributed by atoms with Crippen molar-refractivity contribution in [1.29, 1.82) is 5.41 Å². The minimum Gasteiger partial charge on any atom is -0.399 e. The van der Waals surface area contributed by atoms with Gasteiger partial charge in [-0.05, 0) is 42.3 Å². The summed E-state index contributed by atoms with van der Waals surface area (Å²) in [6.45, 7) is 2.29. The summed E-state index contributed by atoms with van der Waals surface area (Å²) in [5.41, 5.74) is 10.4. The van der Waals surface area contributed by atoms with Crippen LogP contribution in [0.1, 0.15) is 29.3 Å². The summed E-state index contributed by atoms with van der Waals surface area (Å²) < 4.78 is 3.63. The molecule has 0 spiro atoms. The molecule has 0 atom stereocenters. The number of nitrogens with one attached hydrogen (secondary N) is 1. The van der Waals surface area contributed by atoms with Gasteiger partial charge in [0.05, 0.1) is 17.6 Å². The fourth-order valence-corrected chi connectivity index (χ4v) is 3.12. The van der Waals surface area contributed by atoms with Gasteiger partial charge in [-0.15, -0.1) is 0 Å². The molecule has 0 aliphatic rings. The van der Waals surface area contributed by atoms with Gasteiger partial charge in [-0.25, -0.2) is 0 Å². The molecule has 1 heterocycles. The number of Topliss-reactive ketones (excluding diaryl/α,β-unsaturated/α-hetero) is 1. The van der Waals surface area contributed by atoms with E-state index in [9.17, 15) is 4.79 Å². The molecule has 24 heavy (non-hydrogen) atoms. The van der Waals surface area contributed by atoms with Crippen LogP contribution >= 0.6 is 0 Å². The summed E-state index contributed by atoms with van der Waals surface area (Å²) in [5, 5.41) is 8.40. The van der Waals surface area contributed by atoms with Crippen molar-refractivity contribution in [3.05, 3.63) is 59.2 Å². The highest BCUT2D eigenvalue weighted by Gasteiger charge is 2.15. The van der Waals surface area contributed by atoms with Crippen molar-refractivity contribution in [2.75, 3.05) is 5.73 Å². The normalized spacial score (nSPS) is 11.1. The molecular formula is C19H22N4O. The predicted molar refractivity (Wildman–Crippen MR) is 95.9 cm³/mol. The van der Waals surface area contributed by atoms with Crippen LogP contribution in [0.3, 0.4) is 0 Å². The minimum atomic E-state index is -0.0260. The Balaban J connectivity index is 2.05. The topological polar surface area (TPSA) is 76.8 Å². The molecule has 0 aliphatic heterocycles. The van der Waals surface area contributed by atoms with E-state index >= 15 is 0 Å². The number of nitrogen functional groups attached to an aromatic ring is 1. The number of carbonyl (C=O) groups is 1. The third kappa shape index (κ3) is 2.73. The number of carbonyl (C=O) groups excluding carboxylic acids is 1. The maximum absolute atomic E-state index is 12.6. The van der Waals surface area contributed by atoms with Crippen LogP contribution in [0.2, 0.25) is 0 Å². The van der Waals surface area contributed by atoms with Crippen LogP contribution in [-0.2, 0) is 20.0 Å². The summed E-state index contributed by atoms with van der Waals surface area (Å²) in [6, 6.07) is 13.0. The first-order valence-electron chi connectivity index (χ1n) is 8.13. The van der Waals surface area contributed by atoms with Crippen molar-refractivity contribution < 1.29 is 4.79 Å². The molecule has 0 saturated carbocycles. The summed E-state index contributed by atoms with van der Waals surface area (Å²) in [5.74, 6) is -0.0260. The first-order chi connectivity index (χ1) is 11.5. The molecule has 3 aromatic rings. The Kier molecular flexibility index (Phi) is 4.25. The average Bonchev–Trinajstić information content (AvgIpc) is 2.81. The Bertz CT molecular complexity index is 948. The average molecular weight is 322 g/mol. The quantitative estimate of drug-likeness (QED) is 0.560. The standard InChI is InChI=1S/C19H22N4O/c1-3-5-14-6-4-7-16-18(14)22(2)19(21)23(16)12-17(24)13-8-10-15(20)11-9-13/h4,6-11,21H,3,5,12,20H2,1-2H3. The highest BCUT2D eigenvalue weighted by Crippen LogP contribution is 2.19. The number of imidazole rings is 1. The molecule has 3 rings (SSSR count). The number of nitrogens with two attached hydrogens (primary N) is 1. The Labute approximate surface area is 140 Å². The molecule has 5 nitrogen and oxygen atoms in total. The number of benzene rings is 2. The number of fused-ring (bicyclic) bond motifs is 1. The van der Waals surface area contributed by atoms with E-state index < -0.39 is 0 Å². The van der Waals surface area contributed by atoms with Crippen LogP contribution in [-0.4, -0.2) is 14.9 Å². The van der Waals surface area contributed by atoms with Gasteiger partial charge in [0.2, 0.25) is 5.62 Å². The Morgan fingerprint density at radius 2 is 1.88 bits per heavy atom. The lowest BCUT2D eigenvalue weighted by molar-refractivity contribution is 0.0971. The smallest absolute Gasteiger partial charge is 0.203 e. The third-order valence-corrected chi connectivity index (χ3v) is 4.35. The van der Waals surface area contributed by atoms with Crippen LogP contribution in [0.25, 0.3) is 11.0 Å². The van der Waals surface area contributed by atoms with E-state index in [1.165, 1.54) is 5.56 Å². The van der Waals surface area contributed by atoms with Crippen LogP contribution < -0.4 is 11.4 Å². The second kappa shape index (κ2) is 6.35. The van der Waals surface area contributed by atoms with Gasteiger partial charge in [-0.2, -0.15) is 0 Å². The third-order valence-electron chi connectivity index (χ3n) is 4.35. The molecule has 0 amide bonds. The molecule has 0 bridgehead atoms. The van der Waals surface area contributed by atoms with Crippen molar-refractivity contribution in [3.8, 4) is 0 Å². The number of aromatic nitrogens is 2. The lowest BCUT2D eigenvalue weighted by Gasteiger charge is -2.06. The number of aryl methyl sites for hydroxylation is 2. The maximum Gasteiger partial charge on any atom is 0.203 e. The number of ketones is 1. The van der Waals surface area contributed by atoms with Crippen molar-refractivity contribution in [2.45, 2.75) is 26.3 Å². The summed E-state index contributed by atoms with van der Waals surface area (Å²) in [7, 11) is 1.88. The van der Waals surface area contributed by atoms with Gasteiger partial charge < -0.3 is 14.9 Å². The van der Waals surface area contributed by atoms with Gasteiger partial charge in [-0.3, -0.25) is 10.2 Å². The Morgan fingerprint density at radius 1 is 1.17 bits per heavy atom.